The summed E-state index contributed by atoms with van der Waals surface area (Å²) in [4.78, 5) is 12.0. The zero-order valence-corrected chi connectivity index (χ0v) is 10.8. The van der Waals surface area contributed by atoms with Crippen LogP contribution in [0.5, 0.6) is 0 Å². The molecule has 1 atom stereocenters. The molecule has 18 heavy (non-hydrogen) atoms. The van der Waals surface area contributed by atoms with Crippen molar-refractivity contribution < 1.29 is 9.18 Å². The molecule has 4 heteroatoms. The second-order valence-corrected chi connectivity index (χ2v) is 5.25. The zero-order valence-electron chi connectivity index (χ0n) is 10.8. The fraction of sp³-hybridized carbons (Fsp3) is 0.500. The first kappa shape index (κ1) is 12.9. The molecule has 1 fully saturated rings. The average Bonchev–Trinajstić information content (AvgIpc) is 3.06. The van der Waals surface area contributed by atoms with E-state index in [1.54, 1.807) is 6.92 Å². The van der Waals surface area contributed by atoms with E-state index in [0.717, 1.165) is 12.3 Å². The molecular formula is C14H19FN2O. The van der Waals surface area contributed by atoms with Crippen molar-refractivity contribution in [2.75, 3.05) is 5.73 Å². The number of carbonyl (C=O) groups excluding carboxylic acids is 1. The zero-order chi connectivity index (χ0) is 13.3. The highest BCUT2D eigenvalue weighted by Crippen LogP contribution is 2.33. The molecule has 0 spiro atoms. The van der Waals surface area contributed by atoms with Crippen LogP contribution in [0.3, 0.4) is 0 Å². The van der Waals surface area contributed by atoms with E-state index in [4.69, 9.17) is 5.73 Å². The van der Waals surface area contributed by atoms with E-state index in [-0.39, 0.29) is 17.5 Å². The van der Waals surface area contributed by atoms with Crippen LogP contribution in [0, 0.1) is 18.7 Å². The second kappa shape index (κ2) is 4.96. The van der Waals surface area contributed by atoms with E-state index < -0.39 is 5.82 Å². The van der Waals surface area contributed by atoms with E-state index in [2.05, 4.69) is 5.32 Å². The number of amides is 1. The monoisotopic (exact) mass is 250 g/mol. The molecule has 98 valence electrons. The van der Waals surface area contributed by atoms with Gasteiger partial charge in [-0.05, 0) is 43.9 Å². The second-order valence-electron chi connectivity index (χ2n) is 5.25. The highest BCUT2D eigenvalue weighted by atomic mass is 19.1. The Morgan fingerprint density at radius 2 is 2.22 bits per heavy atom. The lowest BCUT2D eigenvalue weighted by molar-refractivity contribution is 0.0933. The van der Waals surface area contributed by atoms with E-state index >= 15 is 0 Å². The molecule has 1 aliphatic rings. The van der Waals surface area contributed by atoms with Crippen molar-refractivity contribution >= 4 is 11.6 Å². The molecule has 3 N–H and O–H groups in total. The molecule has 1 unspecified atom stereocenters. The van der Waals surface area contributed by atoms with Gasteiger partial charge in [0.15, 0.2) is 0 Å². The third kappa shape index (κ3) is 3.00. The van der Waals surface area contributed by atoms with Gasteiger partial charge in [0, 0.05) is 11.7 Å². The Bertz CT molecular complexity index is 469. The van der Waals surface area contributed by atoms with Crippen molar-refractivity contribution in [2.24, 2.45) is 5.92 Å². The first-order valence-electron chi connectivity index (χ1n) is 6.34. The molecule has 2 rings (SSSR count). The summed E-state index contributed by atoms with van der Waals surface area (Å²) in [6, 6.07) is 2.99. The predicted octanol–water partition coefficient (Wildman–Crippen LogP) is 2.63. The van der Waals surface area contributed by atoms with E-state index in [1.165, 1.54) is 25.0 Å². The van der Waals surface area contributed by atoms with Gasteiger partial charge in [-0.15, -0.1) is 0 Å². The highest BCUT2D eigenvalue weighted by molar-refractivity contribution is 5.95. The Labute approximate surface area is 107 Å². The maximum absolute atomic E-state index is 13.8. The van der Waals surface area contributed by atoms with Crippen molar-refractivity contribution in [3.8, 4) is 0 Å². The molecular weight excluding hydrogens is 231 g/mol. The largest absolute Gasteiger partial charge is 0.399 e. The minimum Gasteiger partial charge on any atom is -0.399 e. The molecule has 1 saturated carbocycles. The first-order valence-corrected chi connectivity index (χ1v) is 6.34. The van der Waals surface area contributed by atoms with Crippen LogP contribution in [0.4, 0.5) is 10.1 Å². The summed E-state index contributed by atoms with van der Waals surface area (Å²) < 4.78 is 13.8. The predicted molar refractivity (Wildman–Crippen MR) is 69.8 cm³/mol. The van der Waals surface area contributed by atoms with Crippen molar-refractivity contribution in [2.45, 2.75) is 39.2 Å². The Hall–Kier alpha value is -1.58. The topological polar surface area (TPSA) is 55.1 Å². The maximum atomic E-state index is 13.8. The molecule has 1 aromatic rings. The Morgan fingerprint density at radius 3 is 2.83 bits per heavy atom. The Morgan fingerprint density at radius 1 is 1.56 bits per heavy atom. The normalized spacial score (nSPS) is 16.4. The lowest BCUT2D eigenvalue weighted by Gasteiger charge is -2.14. The van der Waals surface area contributed by atoms with Gasteiger partial charge in [0.25, 0.3) is 5.91 Å². The van der Waals surface area contributed by atoms with E-state index in [0.29, 0.717) is 11.3 Å². The maximum Gasteiger partial charge on any atom is 0.254 e. The third-order valence-electron chi connectivity index (χ3n) is 3.28. The molecule has 0 heterocycles. The first-order chi connectivity index (χ1) is 8.47. The summed E-state index contributed by atoms with van der Waals surface area (Å²) in [6.45, 7) is 3.56. The number of carbonyl (C=O) groups is 1. The van der Waals surface area contributed by atoms with Gasteiger partial charge in [0.1, 0.15) is 5.82 Å². The third-order valence-corrected chi connectivity index (χ3v) is 3.28. The van der Waals surface area contributed by atoms with E-state index in [9.17, 15) is 9.18 Å². The summed E-state index contributed by atoms with van der Waals surface area (Å²) in [6.07, 6.45) is 3.45. The van der Waals surface area contributed by atoms with Gasteiger partial charge in [0.2, 0.25) is 0 Å². The molecule has 3 nitrogen and oxygen atoms in total. The molecule has 0 aromatic heterocycles. The number of hydrogen-bond donors (Lipinski definition) is 2. The molecule has 0 radical (unpaired) electrons. The van der Waals surface area contributed by atoms with Crippen LogP contribution < -0.4 is 11.1 Å². The number of nitrogens with one attached hydrogen (secondary N) is 1. The number of benzene rings is 1. The van der Waals surface area contributed by atoms with Crippen molar-refractivity contribution in [1.29, 1.82) is 0 Å². The summed E-state index contributed by atoms with van der Waals surface area (Å²) in [5.74, 6) is -0.135. The number of nitrogens with two attached hydrogens (primary N) is 1. The smallest absolute Gasteiger partial charge is 0.254 e. The molecule has 1 aliphatic carbocycles. The average molecular weight is 250 g/mol. The van der Waals surface area contributed by atoms with Crippen LogP contribution in [-0.2, 0) is 0 Å². The SMILES string of the molecule is Cc1cc(N)cc(C(=O)NC(C)CC2CC2)c1F. The fourth-order valence-corrected chi connectivity index (χ4v) is 2.18. The van der Waals surface area contributed by atoms with Crippen LogP contribution in [-0.4, -0.2) is 11.9 Å². The number of rotatable bonds is 4. The van der Waals surface area contributed by atoms with Gasteiger partial charge in [0.05, 0.1) is 5.56 Å². The van der Waals surface area contributed by atoms with Crippen LogP contribution in [0.2, 0.25) is 0 Å². The van der Waals surface area contributed by atoms with Crippen molar-refractivity contribution in [1.82, 2.24) is 5.32 Å². The summed E-state index contributed by atoms with van der Waals surface area (Å²) >= 11 is 0. The standard InChI is InChI=1S/C14H19FN2O/c1-8-5-11(16)7-12(13(8)15)14(18)17-9(2)6-10-3-4-10/h5,7,9-10H,3-4,6,16H2,1-2H3,(H,17,18). The van der Waals surface area contributed by atoms with Crippen LogP contribution in [0.1, 0.15) is 42.1 Å². The summed E-state index contributed by atoms with van der Waals surface area (Å²) in [5, 5.41) is 2.83. The lowest BCUT2D eigenvalue weighted by atomic mass is 10.1. The number of anilines is 1. The number of aryl methyl sites for hydroxylation is 1. The van der Waals surface area contributed by atoms with Gasteiger partial charge in [-0.1, -0.05) is 12.8 Å². The fourth-order valence-electron chi connectivity index (χ4n) is 2.18. The molecule has 0 saturated heterocycles. The number of hydrogen-bond acceptors (Lipinski definition) is 2. The minimum atomic E-state index is -0.486. The molecule has 1 amide bonds. The minimum absolute atomic E-state index is 0.0372. The van der Waals surface area contributed by atoms with Gasteiger partial charge in [-0.3, -0.25) is 4.79 Å². The van der Waals surface area contributed by atoms with Crippen LogP contribution in [0.25, 0.3) is 0 Å². The van der Waals surface area contributed by atoms with Crippen LogP contribution in [0.15, 0.2) is 12.1 Å². The number of halogens is 1. The number of nitrogen functional groups attached to an aromatic ring is 1. The van der Waals surface area contributed by atoms with Gasteiger partial charge >= 0.3 is 0 Å². The molecule has 0 aliphatic heterocycles. The molecule has 0 bridgehead atoms. The lowest BCUT2D eigenvalue weighted by Crippen LogP contribution is -2.33. The quantitative estimate of drug-likeness (QED) is 0.807. The summed E-state index contributed by atoms with van der Waals surface area (Å²) in [7, 11) is 0. The molecule has 1 aromatic carbocycles. The Balaban J connectivity index is 2.07. The van der Waals surface area contributed by atoms with Gasteiger partial charge in [-0.2, -0.15) is 0 Å². The van der Waals surface area contributed by atoms with Crippen molar-refractivity contribution in [3.63, 3.8) is 0 Å². The summed E-state index contributed by atoms with van der Waals surface area (Å²) in [5.41, 5.74) is 6.49. The van der Waals surface area contributed by atoms with Crippen molar-refractivity contribution in [3.05, 3.63) is 29.1 Å². The van der Waals surface area contributed by atoms with E-state index in [1.807, 2.05) is 6.92 Å². The van der Waals surface area contributed by atoms with Gasteiger partial charge < -0.3 is 11.1 Å². The Kier molecular flexibility index (Phi) is 3.55. The van der Waals surface area contributed by atoms with Crippen LogP contribution >= 0.6 is 0 Å². The highest BCUT2D eigenvalue weighted by Gasteiger charge is 2.25. The van der Waals surface area contributed by atoms with Gasteiger partial charge in [-0.25, -0.2) is 4.39 Å².